The molecule has 2 rings (SSSR count). The molecule has 0 aromatic heterocycles. The number of ether oxygens (including phenoxy) is 1. The molecule has 0 atom stereocenters. The van der Waals surface area contributed by atoms with Gasteiger partial charge in [0.2, 0.25) is 5.91 Å². The molecule has 0 bridgehead atoms. The van der Waals surface area contributed by atoms with Crippen molar-refractivity contribution < 1.29 is 14.3 Å². The van der Waals surface area contributed by atoms with E-state index in [4.69, 9.17) is 4.74 Å². The van der Waals surface area contributed by atoms with Crippen LogP contribution in [-0.4, -0.2) is 49.9 Å². The molecule has 1 saturated heterocycles. The minimum absolute atomic E-state index is 0.0839. The molecule has 130 valence electrons. The van der Waals surface area contributed by atoms with Crippen LogP contribution in [0.15, 0.2) is 35.2 Å². The van der Waals surface area contributed by atoms with E-state index >= 15 is 0 Å². The van der Waals surface area contributed by atoms with Crippen LogP contribution in [0.3, 0.4) is 0 Å². The lowest BCUT2D eigenvalue weighted by Gasteiger charge is -2.30. The van der Waals surface area contributed by atoms with Gasteiger partial charge in [0.1, 0.15) is 0 Å². The minimum Gasteiger partial charge on any atom is -0.453 e. The molecule has 0 saturated carbocycles. The van der Waals surface area contributed by atoms with Gasteiger partial charge in [-0.05, 0) is 48.8 Å². The van der Waals surface area contributed by atoms with Gasteiger partial charge >= 0.3 is 6.09 Å². The molecule has 1 aromatic carbocycles. The van der Waals surface area contributed by atoms with Crippen molar-refractivity contribution in [1.82, 2.24) is 10.2 Å². The summed E-state index contributed by atoms with van der Waals surface area (Å²) in [5.41, 5.74) is 1.01. The van der Waals surface area contributed by atoms with E-state index in [-0.39, 0.29) is 12.0 Å². The van der Waals surface area contributed by atoms with Crippen LogP contribution in [0.4, 0.5) is 4.79 Å². The molecule has 2 amide bonds. The maximum absolute atomic E-state index is 11.9. The fourth-order valence-electron chi connectivity index (χ4n) is 2.64. The monoisotopic (exact) mass is 348 g/mol. The van der Waals surface area contributed by atoms with Gasteiger partial charge in [-0.15, -0.1) is 11.8 Å². The van der Waals surface area contributed by atoms with E-state index in [2.05, 4.69) is 5.32 Å². The van der Waals surface area contributed by atoms with Gasteiger partial charge in [-0.1, -0.05) is 12.1 Å². The van der Waals surface area contributed by atoms with Crippen molar-refractivity contribution in [3.05, 3.63) is 35.9 Å². The third-order valence-corrected chi connectivity index (χ3v) is 4.90. The van der Waals surface area contributed by atoms with Crippen LogP contribution in [0.5, 0.6) is 0 Å². The fraction of sp³-hybridized carbons (Fsp3) is 0.444. The van der Waals surface area contributed by atoms with Gasteiger partial charge in [0.15, 0.2) is 0 Å². The first-order valence-corrected chi connectivity index (χ1v) is 9.27. The highest BCUT2D eigenvalue weighted by Gasteiger charge is 2.23. The summed E-state index contributed by atoms with van der Waals surface area (Å²) < 4.78 is 4.72. The van der Waals surface area contributed by atoms with E-state index in [0.29, 0.717) is 25.6 Å². The number of likely N-dealkylation sites (tertiary alicyclic amines) is 1. The maximum atomic E-state index is 11.9. The number of carbonyl (C=O) groups excluding carboxylic acids is 2. The number of benzene rings is 1. The van der Waals surface area contributed by atoms with Crippen molar-refractivity contribution in [3.63, 3.8) is 0 Å². The second kappa shape index (κ2) is 9.37. The normalized spacial score (nSPS) is 15.5. The van der Waals surface area contributed by atoms with Gasteiger partial charge in [0.25, 0.3) is 0 Å². The Morgan fingerprint density at radius 1 is 1.29 bits per heavy atom. The van der Waals surface area contributed by atoms with Crippen molar-refractivity contribution in [3.8, 4) is 0 Å². The molecular formula is C18H24N2O3S. The zero-order valence-corrected chi connectivity index (χ0v) is 15.0. The molecule has 1 N–H and O–H groups in total. The summed E-state index contributed by atoms with van der Waals surface area (Å²) in [5.74, 6) is 0.323. The fourth-order valence-corrected chi connectivity index (χ4v) is 3.05. The Labute approximate surface area is 147 Å². The van der Waals surface area contributed by atoms with E-state index in [0.717, 1.165) is 18.4 Å². The van der Waals surface area contributed by atoms with Crippen molar-refractivity contribution >= 4 is 29.8 Å². The number of carbonyl (C=O) groups is 2. The summed E-state index contributed by atoms with van der Waals surface area (Å²) in [4.78, 5) is 26.2. The Hall–Kier alpha value is -1.95. The summed E-state index contributed by atoms with van der Waals surface area (Å²) in [6.45, 7) is 2.01. The number of piperidine rings is 1. The van der Waals surface area contributed by atoms with Gasteiger partial charge in [-0.2, -0.15) is 0 Å². The van der Waals surface area contributed by atoms with E-state index in [9.17, 15) is 9.59 Å². The van der Waals surface area contributed by atoms with Crippen LogP contribution in [0.1, 0.15) is 18.4 Å². The number of hydrogen-bond donors (Lipinski definition) is 1. The molecule has 1 heterocycles. The average Bonchev–Trinajstić information content (AvgIpc) is 2.64. The van der Waals surface area contributed by atoms with Crippen LogP contribution < -0.4 is 5.32 Å². The van der Waals surface area contributed by atoms with E-state index in [1.54, 1.807) is 22.7 Å². The number of methoxy groups -OCH3 is 1. The molecular weight excluding hydrogens is 324 g/mol. The van der Waals surface area contributed by atoms with Gasteiger partial charge < -0.3 is 15.0 Å². The predicted molar refractivity (Wildman–Crippen MR) is 97.0 cm³/mol. The average molecular weight is 348 g/mol. The molecule has 6 heteroatoms. The van der Waals surface area contributed by atoms with Crippen LogP contribution in [-0.2, 0) is 9.53 Å². The number of nitrogens with zero attached hydrogens (tertiary/aromatic N) is 1. The van der Waals surface area contributed by atoms with Gasteiger partial charge in [-0.3, -0.25) is 4.79 Å². The highest BCUT2D eigenvalue weighted by molar-refractivity contribution is 7.98. The Kier molecular flexibility index (Phi) is 7.18. The first-order chi connectivity index (χ1) is 11.6. The second-order valence-corrected chi connectivity index (χ2v) is 6.63. The predicted octanol–water partition coefficient (Wildman–Crippen LogP) is 3.02. The van der Waals surface area contributed by atoms with Gasteiger partial charge in [-0.25, -0.2) is 4.79 Å². The number of hydrogen-bond acceptors (Lipinski definition) is 4. The molecule has 0 aliphatic carbocycles. The lowest BCUT2D eigenvalue weighted by molar-refractivity contribution is -0.116. The molecule has 1 fully saturated rings. The van der Waals surface area contributed by atoms with Crippen molar-refractivity contribution in [2.24, 2.45) is 5.92 Å². The lowest BCUT2D eigenvalue weighted by Crippen LogP contribution is -2.41. The third-order valence-electron chi connectivity index (χ3n) is 4.16. The first kappa shape index (κ1) is 18.4. The molecule has 1 aliphatic rings. The smallest absolute Gasteiger partial charge is 0.409 e. The largest absolute Gasteiger partial charge is 0.453 e. The summed E-state index contributed by atoms with van der Waals surface area (Å²) in [7, 11) is 1.40. The van der Waals surface area contributed by atoms with Crippen LogP contribution in [0, 0.1) is 5.92 Å². The Balaban J connectivity index is 1.71. The summed E-state index contributed by atoms with van der Waals surface area (Å²) in [5, 5.41) is 2.94. The topological polar surface area (TPSA) is 58.6 Å². The highest BCUT2D eigenvalue weighted by atomic mass is 32.2. The van der Waals surface area contributed by atoms with E-state index < -0.39 is 0 Å². The third kappa shape index (κ3) is 5.60. The summed E-state index contributed by atoms with van der Waals surface area (Å²) in [6, 6.07) is 8.07. The Morgan fingerprint density at radius 2 is 1.96 bits per heavy atom. The molecule has 0 radical (unpaired) electrons. The zero-order chi connectivity index (χ0) is 17.4. The number of nitrogens with one attached hydrogen (secondary N) is 1. The lowest BCUT2D eigenvalue weighted by atomic mass is 9.97. The Bertz CT molecular complexity index is 578. The standard InChI is InChI=1S/C18H24N2O3S/c1-23-18(22)20-11-9-15(10-12-20)13-19-17(21)8-5-14-3-6-16(24-2)7-4-14/h3-8,15H,9-13H2,1-2H3,(H,19,21)/b8-5+. The SMILES string of the molecule is COC(=O)N1CCC(CNC(=O)/C=C/c2ccc(SC)cc2)CC1. The van der Waals surface area contributed by atoms with Crippen molar-refractivity contribution in [2.75, 3.05) is 33.0 Å². The molecule has 1 aliphatic heterocycles. The number of amides is 2. The maximum Gasteiger partial charge on any atom is 0.409 e. The molecule has 24 heavy (non-hydrogen) atoms. The van der Waals surface area contributed by atoms with Crippen molar-refractivity contribution in [2.45, 2.75) is 17.7 Å². The van der Waals surface area contributed by atoms with Crippen molar-refractivity contribution in [1.29, 1.82) is 0 Å². The molecule has 5 nitrogen and oxygen atoms in total. The van der Waals surface area contributed by atoms with Gasteiger partial charge in [0.05, 0.1) is 7.11 Å². The Morgan fingerprint density at radius 3 is 2.54 bits per heavy atom. The zero-order valence-electron chi connectivity index (χ0n) is 14.2. The quantitative estimate of drug-likeness (QED) is 0.656. The van der Waals surface area contributed by atoms with Crippen LogP contribution in [0.2, 0.25) is 0 Å². The van der Waals surface area contributed by atoms with Crippen LogP contribution >= 0.6 is 11.8 Å². The molecule has 0 unspecified atom stereocenters. The summed E-state index contributed by atoms with van der Waals surface area (Å²) in [6.07, 6.45) is 6.92. The molecule has 1 aromatic rings. The van der Waals surface area contributed by atoms with E-state index in [1.807, 2.05) is 36.6 Å². The number of rotatable bonds is 5. The first-order valence-electron chi connectivity index (χ1n) is 8.05. The minimum atomic E-state index is -0.270. The van der Waals surface area contributed by atoms with Crippen LogP contribution in [0.25, 0.3) is 6.08 Å². The second-order valence-electron chi connectivity index (χ2n) is 5.75. The van der Waals surface area contributed by atoms with Gasteiger partial charge in [0, 0.05) is 30.6 Å². The van der Waals surface area contributed by atoms with E-state index in [1.165, 1.54) is 12.0 Å². The summed E-state index contributed by atoms with van der Waals surface area (Å²) >= 11 is 1.69. The molecule has 0 spiro atoms. The highest BCUT2D eigenvalue weighted by Crippen LogP contribution is 2.17. The number of thioether (sulfide) groups is 1.